The Morgan fingerprint density at radius 2 is 1.77 bits per heavy atom. The van der Waals surface area contributed by atoms with Gasteiger partial charge in [-0.05, 0) is 23.8 Å². The molecule has 0 saturated carbocycles. The minimum absolute atomic E-state index is 0.293. The largest absolute Gasteiger partial charge is 0.351 e. The quantitative estimate of drug-likeness (QED) is 0.394. The number of hydrogen-bond donors (Lipinski definition) is 2. The molecule has 0 aliphatic rings. The topological polar surface area (TPSA) is 94.9 Å². The van der Waals surface area contributed by atoms with Crippen LogP contribution in [0.3, 0.4) is 0 Å². The fourth-order valence-corrected chi connectivity index (χ4v) is 3.07. The molecule has 0 aliphatic carbocycles. The number of halogens is 2. The molecule has 0 spiro atoms. The smallest absolute Gasteiger partial charge is 0.293 e. The number of aromatic nitrogens is 3. The maximum atomic E-state index is 12.8. The molecule has 0 saturated heterocycles. The standard InChI is InChI=1S/C17H15Cl2N5O2/c18-12-7-13(19)9-14(8-12)24-15(6-11-4-2-1-3-5-11)22-23(17(24)26)10-16(25)21-20/h1-5,7-9H,6,10,20H2,(H,21,25). The zero-order chi connectivity index (χ0) is 18.7. The van der Waals surface area contributed by atoms with E-state index in [-0.39, 0.29) is 6.54 Å². The van der Waals surface area contributed by atoms with E-state index in [1.807, 2.05) is 35.8 Å². The van der Waals surface area contributed by atoms with Crippen molar-refractivity contribution in [3.63, 3.8) is 0 Å². The molecule has 0 fully saturated rings. The summed E-state index contributed by atoms with van der Waals surface area (Å²) in [5.74, 6) is 5.02. The van der Waals surface area contributed by atoms with E-state index in [2.05, 4.69) is 5.10 Å². The van der Waals surface area contributed by atoms with E-state index in [1.54, 1.807) is 18.2 Å². The first-order valence-electron chi connectivity index (χ1n) is 7.66. The number of carbonyl (C=O) groups is 1. The minimum atomic E-state index is -0.535. The van der Waals surface area contributed by atoms with Crippen LogP contribution in [-0.2, 0) is 17.8 Å². The van der Waals surface area contributed by atoms with Crippen molar-refractivity contribution in [3.05, 3.63) is 80.4 Å². The van der Waals surface area contributed by atoms with Crippen LogP contribution in [0, 0.1) is 0 Å². The number of benzene rings is 2. The molecule has 134 valence electrons. The summed E-state index contributed by atoms with van der Waals surface area (Å²) in [6.07, 6.45) is 0.386. The number of nitrogens with one attached hydrogen (secondary N) is 1. The molecule has 0 aliphatic heterocycles. The second-order valence-electron chi connectivity index (χ2n) is 5.55. The average Bonchev–Trinajstić information content (AvgIpc) is 2.90. The van der Waals surface area contributed by atoms with Crippen LogP contribution in [0.1, 0.15) is 11.4 Å². The molecule has 3 rings (SSSR count). The molecule has 1 heterocycles. The SMILES string of the molecule is NNC(=O)Cn1nc(Cc2ccccc2)n(-c2cc(Cl)cc(Cl)c2)c1=O. The molecule has 7 nitrogen and oxygen atoms in total. The Morgan fingerprint density at radius 3 is 2.38 bits per heavy atom. The molecule has 3 N–H and O–H groups in total. The molecule has 26 heavy (non-hydrogen) atoms. The van der Waals surface area contributed by atoms with Gasteiger partial charge in [-0.1, -0.05) is 53.5 Å². The maximum Gasteiger partial charge on any atom is 0.351 e. The third-order valence-electron chi connectivity index (χ3n) is 3.67. The third-order valence-corrected chi connectivity index (χ3v) is 4.11. The highest BCUT2D eigenvalue weighted by Gasteiger charge is 2.18. The summed E-state index contributed by atoms with van der Waals surface area (Å²) in [6.45, 7) is -0.293. The van der Waals surface area contributed by atoms with Gasteiger partial charge in [0.25, 0.3) is 5.91 Å². The second kappa shape index (κ2) is 7.74. The van der Waals surface area contributed by atoms with Gasteiger partial charge in [-0.3, -0.25) is 10.2 Å². The van der Waals surface area contributed by atoms with Crippen molar-refractivity contribution in [2.45, 2.75) is 13.0 Å². The minimum Gasteiger partial charge on any atom is -0.293 e. The summed E-state index contributed by atoms with van der Waals surface area (Å²) in [4.78, 5) is 24.4. The van der Waals surface area contributed by atoms with Crippen molar-refractivity contribution in [3.8, 4) is 5.69 Å². The van der Waals surface area contributed by atoms with E-state index in [4.69, 9.17) is 29.0 Å². The average molecular weight is 392 g/mol. The van der Waals surface area contributed by atoms with Crippen LogP contribution >= 0.6 is 23.2 Å². The van der Waals surface area contributed by atoms with Crippen molar-refractivity contribution in [2.75, 3.05) is 0 Å². The molecule has 0 atom stereocenters. The van der Waals surface area contributed by atoms with Gasteiger partial charge in [-0.25, -0.2) is 19.9 Å². The number of hydrogen-bond acceptors (Lipinski definition) is 4. The van der Waals surface area contributed by atoms with Gasteiger partial charge >= 0.3 is 5.69 Å². The Labute approximate surface area is 158 Å². The van der Waals surface area contributed by atoms with E-state index in [0.717, 1.165) is 10.2 Å². The first-order valence-corrected chi connectivity index (χ1v) is 8.42. The van der Waals surface area contributed by atoms with Crippen LogP contribution in [0.5, 0.6) is 0 Å². The van der Waals surface area contributed by atoms with Crippen LogP contribution in [0.4, 0.5) is 0 Å². The molecular formula is C17H15Cl2N5O2. The van der Waals surface area contributed by atoms with Gasteiger partial charge in [0.15, 0.2) is 0 Å². The predicted octanol–water partition coefficient (Wildman–Crippen LogP) is 1.92. The van der Waals surface area contributed by atoms with E-state index in [9.17, 15) is 9.59 Å². The number of rotatable bonds is 5. The van der Waals surface area contributed by atoms with Crippen LogP contribution in [-0.4, -0.2) is 20.3 Å². The van der Waals surface area contributed by atoms with Crippen molar-refractivity contribution in [1.29, 1.82) is 0 Å². The highest BCUT2D eigenvalue weighted by Crippen LogP contribution is 2.22. The third kappa shape index (κ3) is 3.96. The van der Waals surface area contributed by atoms with Crippen LogP contribution < -0.4 is 17.0 Å². The van der Waals surface area contributed by atoms with Gasteiger partial charge in [0.2, 0.25) is 0 Å². The first-order chi connectivity index (χ1) is 12.5. The molecule has 3 aromatic rings. The van der Waals surface area contributed by atoms with Crippen LogP contribution in [0.2, 0.25) is 10.0 Å². The molecule has 0 bridgehead atoms. The number of amides is 1. The summed E-state index contributed by atoms with van der Waals surface area (Å²) in [5.41, 5.74) is 2.93. The lowest BCUT2D eigenvalue weighted by Gasteiger charge is -2.07. The van der Waals surface area contributed by atoms with Crippen molar-refractivity contribution >= 4 is 29.1 Å². The summed E-state index contributed by atoms with van der Waals surface area (Å²) in [7, 11) is 0. The molecule has 9 heteroatoms. The molecule has 1 aromatic heterocycles. The number of nitrogens with zero attached hydrogens (tertiary/aromatic N) is 3. The van der Waals surface area contributed by atoms with Crippen molar-refractivity contribution in [1.82, 2.24) is 19.8 Å². The number of hydrazine groups is 1. The second-order valence-corrected chi connectivity index (χ2v) is 6.42. The van der Waals surface area contributed by atoms with Gasteiger partial charge in [-0.15, -0.1) is 0 Å². The van der Waals surface area contributed by atoms with Crippen LogP contribution in [0.25, 0.3) is 5.69 Å². The molecule has 1 amide bonds. The summed E-state index contributed by atoms with van der Waals surface area (Å²) in [5, 5.41) is 5.07. The van der Waals surface area contributed by atoms with Gasteiger partial charge in [-0.2, -0.15) is 5.10 Å². The molecule has 2 aromatic carbocycles. The van der Waals surface area contributed by atoms with E-state index in [0.29, 0.717) is 28.0 Å². The van der Waals surface area contributed by atoms with Gasteiger partial charge < -0.3 is 0 Å². The number of nitrogens with two attached hydrogens (primary N) is 1. The zero-order valence-electron chi connectivity index (χ0n) is 13.5. The van der Waals surface area contributed by atoms with E-state index < -0.39 is 11.6 Å². The van der Waals surface area contributed by atoms with Crippen molar-refractivity contribution in [2.24, 2.45) is 5.84 Å². The summed E-state index contributed by atoms with van der Waals surface area (Å²) < 4.78 is 2.43. The monoisotopic (exact) mass is 391 g/mol. The van der Waals surface area contributed by atoms with Gasteiger partial charge in [0.05, 0.1) is 5.69 Å². The number of carbonyl (C=O) groups excluding carboxylic acids is 1. The fourth-order valence-electron chi connectivity index (χ4n) is 2.56. The van der Waals surface area contributed by atoms with Gasteiger partial charge in [0, 0.05) is 16.5 Å². The highest BCUT2D eigenvalue weighted by atomic mass is 35.5. The zero-order valence-corrected chi connectivity index (χ0v) is 15.0. The lowest BCUT2D eigenvalue weighted by molar-refractivity contribution is -0.121. The predicted molar refractivity (Wildman–Crippen MR) is 99.4 cm³/mol. The Hall–Kier alpha value is -2.61. The van der Waals surface area contributed by atoms with Gasteiger partial charge in [0.1, 0.15) is 12.4 Å². The fraction of sp³-hybridized carbons (Fsp3) is 0.118. The van der Waals surface area contributed by atoms with Crippen molar-refractivity contribution < 1.29 is 4.79 Å². The highest BCUT2D eigenvalue weighted by molar-refractivity contribution is 6.34. The molecular weight excluding hydrogens is 377 g/mol. The normalized spacial score (nSPS) is 10.7. The lowest BCUT2D eigenvalue weighted by atomic mass is 10.1. The molecule has 0 radical (unpaired) electrons. The Morgan fingerprint density at radius 1 is 1.12 bits per heavy atom. The Balaban J connectivity index is 2.13. The molecule has 0 unspecified atom stereocenters. The Kier molecular flexibility index (Phi) is 5.41. The summed E-state index contributed by atoms with van der Waals surface area (Å²) >= 11 is 12.1. The van der Waals surface area contributed by atoms with E-state index in [1.165, 1.54) is 4.57 Å². The first kappa shape index (κ1) is 18.2. The maximum absolute atomic E-state index is 12.8. The lowest BCUT2D eigenvalue weighted by Crippen LogP contribution is -2.37. The Bertz CT molecular complexity index is 978. The van der Waals surface area contributed by atoms with Crippen LogP contribution in [0.15, 0.2) is 53.3 Å². The van der Waals surface area contributed by atoms with E-state index >= 15 is 0 Å². The summed E-state index contributed by atoms with van der Waals surface area (Å²) in [6, 6.07) is 14.3.